The lowest BCUT2D eigenvalue weighted by Gasteiger charge is -2.38. The first-order chi connectivity index (χ1) is 14.4. The van der Waals surface area contributed by atoms with Crippen molar-refractivity contribution in [2.75, 3.05) is 39.3 Å². The number of hydrogen-bond donors (Lipinski definition) is 0. The van der Waals surface area contributed by atoms with Crippen LogP contribution in [-0.4, -0.2) is 83.4 Å². The van der Waals surface area contributed by atoms with Crippen LogP contribution >= 0.6 is 0 Å². The average Bonchev–Trinajstić information content (AvgIpc) is 3.45. The normalized spacial score (nSPS) is 21.0. The molecule has 0 aromatic carbocycles. The van der Waals surface area contributed by atoms with Crippen molar-refractivity contribution < 1.29 is 22.4 Å². The smallest absolute Gasteiger partial charge is 0.289 e. The van der Waals surface area contributed by atoms with Crippen LogP contribution in [0.15, 0.2) is 40.1 Å². The van der Waals surface area contributed by atoms with Crippen LogP contribution in [0, 0.1) is 5.92 Å². The van der Waals surface area contributed by atoms with Gasteiger partial charge >= 0.3 is 0 Å². The molecular weight excluding hydrogens is 410 g/mol. The second-order valence-electron chi connectivity index (χ2n) is 7.65. The Morgan fingerprint density at radius 3 is 2.50 bits per heavy atom. The number of carbonyl (C=O) groups excluding carboxylic acids is 2. The average molecular weight is 436 g/mol. The molecule has 0 unspecified atom stereocenters. The molecular formula is C19H25N5O5S. The number of hydrogen-bond acceptors (Lipinski definition) is 6. The summed E-state index contributed by atoms with van der Waals surface area (Å²) in [6, 6.07) is 3.29. The summed E-state index contributed by atoms with van der Waals surface area (Å²) in [5.41, 5.74) is 0. The topological polar surface area (TPSA) is 109 Å². The molecule has 2 aromatic heterocycles. The number of piperidine rings is 1. The second-order valence-corrected chi connectivity index (χ2v) is 9.58. The van der Waals surface area contributed by atoms with Gasteiger partial charge in [-0.3, -0.25) is 14.3 Å². The first-order valence-electron chi connectivity index (χ1n) is 9.96. The fourth-order valence-electron chi connectivity index (χ4n) is 3.99. The van der Waals surface area contributed by atoms with E-state index in [-0.39, 0.29) is 29.2 Å². The van der Waals surface area contributed by atoms with Crippen LogP contribution in [0.4, 0.5) is 0 Å². The molecule has 0 saturated carbocycles. The summed E-state index contributed by atoms with van der Waals surface area (Å²) in [6.45, 7) is 2.27. The van der Waals surface area contributed by atoms with Gasteiger partial charge in [0.1, 0.15) is 4.90 Å². The van der Waals surface area contributed by atoms with Crippen LogP contribution in [0.2, 0.25) is 0 Å². The zero-order valence-corrected chi connectivity index (χ0v) is 17.6. The summed E-state index contributed by atoms with van der Waals surface area (Å²) in [4.78, 5) is 29.0. The maximum Gasteiger partial charge on any atom is 0.289 e. The molecule has 4 heterocycles. The minimum absolute atomic E-state index is 0.0498. The molecule has 162 valence electrons. The number of carbonyl (C=O) groups is 2. The minimum atomic E-state index is -3.67. The van der Waals surface area contributed by atoms with Gasteiger partial charge in [0.15, 0.2) is 5.76 Å². The summed E-state index contributed by atoms with van der Waals surface area (Å²) in [7, 11) is -2.00. The highest BCUT2D eigenvalue weighted by Crippen LogP contribution is 2.25. The lowest BCUT2D eigenvalue weighted by Crippen LogP contribution is -2.54. The summed E-state index contributed by atoms with van der Waals surface area (Å²) in [5.74, 6) is -0.319. The Kier molecular flexibility index (Phi) is 5.65. The third-order valence-corrected chi connectivity index (χ3v) is 7.48. The van der Waals surface area contributed by atoms with Crippen molar-refractivity contribution in [1.82, 2.24) is 23.9 Å². The predicted molar refractivity (Wildman–Crippen MR) is 106 cm³/mol. The summed E-state index contributed by atoms with van der Waals surface area (Å²) >= 11 is 0. The molecule has 2 aliphatic heterocycles. The molecule has 0 aliphatic carbocycles. The van der Waals surface area contributed by atoms with E-state index in [1.54, 1.807) is 29.0 Å². The quantitative estimate of drug-likeness (QED) is 0.688. The molecule has 0 radical (unpaired) electrons. The second kappa shape index (κ2) is 8.23. The van der Waals surface area contributed by atoms with Crippen LogP contribution in [0.3, 0.4) is 0 Å². The van der Waals surface area contributed by atoms with E-state index in [1.807, 2.05) is 0 Å². The van der Waals surface area contributed by atoms with Gasteiger partial charge in [0.05, 0.1) is 18.4 Å². The van der Waals surface area contributed by atoms with Crippen LogP contribution in [0.5, 0.6) is 0 Å². The van der Waals surface area contributed by atoms with Crippen molar-refractivity contribution in [2.45, 2.75) is 17.7 Å². The summed E-state index contributed by atoms with van der Waals surface area (Å²) < 4.78 is 33.7. The Morgan fingerprint density at radius 1 is 1.13 bits per heavy atom. The van der Waals surface area contributed by atoms with Gasteiger partial charge in [-0.25, -0.2) is 8.42 Å². The zero-order chi connectivity index (χ0) is 21.3. The van der Waals surface area contributed by atoms with Crippen molar-refractivity contribution in [3.8, 4) is 0 Å². The number of amides is 2. The van der Waals surface area contributed by atoms with Crippen molar-refractivity contribution in [3.05, 3.63) is 36.5 Å². The Bertz CT molecular complexity index is 1010. The van der Waals surface area contributed by atoms with E-state index in [1.165, 1.54) is 27.6 Å². The first kappa shape index (κ1) is 20.6. The highest BCUT2D eigenvalue weighted by molar-refractivity contribution is 7.89. The highest BCUT2D eigenvalue weighted by Gasteiger charge is 2.36. The third-order valence-electron chi connectivity index (χ3n) is 5.66. The molecule has 11 heteroatoms. The van der Waals surface area contributed by atoms with Crippen molar-refractivity contribution in [2.24, 2.45) is 13.0 Å². The first-order valence-corrected chi connectivity index (χ1v) is 11.4. The standard InChI is InChI=1S/C19H25N5O5S/c1-21-14-16(12-20-21)30(27,28)24-6-2-4-15(13-24)18(25)22-7-9-23(10-8-22)19(26)17-5-3-11-29-17/h3,5,11-12,14-15H,2,4,6-10,13H2,1H3/t15-/m0/s1. The number of sulfonamides is 1. The van der Waals surface area contributed by atoms with Gasteiger partial charge in [0.2, 0.25) is 15.9 Å². The number of furan rings is 1. The van der Waals surface area contributed by atoms with E-state index in [0.717, 1.165) is 0 Å². The Balaban J connectivity index is 1.36. The molecule has 4 rings (SSSR count). The van der Waals surface area contributed by atoms with Gasteiger partial charge < -0.3 is 14.2 Å². The minimum Gasteiger partial charge on any atom is -0.459 e. The van der Waals surface area contributed by atoms with Gasteiger partial charge in [-0.15, -0.1) is 0 Å². The van der Waals surface area contributed by atoms with Crippen LogP contribution < -0.4 is 0 Å². The summed E-state index contributed by atoms with van der Waals surface area (Å²) in [6.07, 6.45) is 5.55. The van der Waals surface area contributed by atoms with Crippen molar-refractivity contribution >= 4 is 21.8 Å². The van der Waals surface area contributed by atoms with Crippen LogP contribution in [-0.2, 0) is 21.9 Å². The van der Waals surface area contributed by atoms with E-state index >= 15 is 0 Å². The molecule has 2 amide bonds. The van der Waals surface area contributed by atoms with Crippen LogP contribution in [0.25, 0.3) is 0 Å². The number of piperazine rings is 1. The lowest BCUT2D eigenvalue weighted by atomic mass is 9.97. The molecule has 2 aliphatic rings. The molecule has 10 nitrogen and oxygen atoms in total. The lowest BCUT2D eigenvalue weighted by molar-refractivity contribution is -0.138. The van der Waals surface area contributed by atoms with E-state index in [4.69, 9.17) is 4.42 Å². The number of rotatable bonds is 4. The van der Waals surface area contributed by atoms with E-state index in [9.17, 15) is 18.0 Å². The zero-order valence-electron chi connectivity index (χ0n) is 16.8. The van der Waals surface area contributed by atoms with Gasteiger partial charge in [0.25, 0.3) is 5.91 Å². The van der Waals surface area contributed by atoms with Gasteiger partial charge in [0, 0.05) is 52.5 Å². The predicted octanol–water partition coefficient (Wildman–Crippen LogP) is 0.398. The van der Waals surface area contributed by atoms with Crippen molar-refractivity contribution in [1.29, 1.82) is 0 Å². The highest BCUT2D eigenvalue weighted by atomic mass is 32.2. The van der Waals surface area contributed by atoms with Gasteiger partial charge in [-0.2, -0.15) is 9.40 Å². The summed E-state index contributed by atoms with van der Waals surface area (Å²) in [5, 5.41) is 3.94. The van der Waals surface area contributed by atoms with Crippen molar-refractivity contribution in [3.63, 3.8) is 0 Å². The Morgan fingerprint density at radius 2 is 1.87 bits per heavy atom. The molecule has 2 saturated heterocycles. The van der Waals surface area contributed by atoms with E-state index in [2.05, 4.69) is 5.10 Å². The Labute approximate surface area is 175 Å². The fraction of sp³-hybridized carbons (Fsp3) is 0.526. The molecule has 0 N–H and O–H groups in total. The largest absolute Gasteiger partial charge is 0.459 e. The number of nitrogens with zero attached hydrogens (tertiary/aromatic N) is 5. The number of aryl methyl sites for hydroxylation is 1. The van der Waals surface area contributed by atoms with Crippen LogP contribution in [0.1, 0.15) is 23.4 Å². The van der Waals surface area contributed by atoms with Gasteiger partial charge in [-0.05, 0) is 25.0 Å². The monoisotopic (exact) mass is 435 g/mol. The molecule has 2 fully saturated rings. The maximum absolute atomic E-state index is 13.0. The fourth-order valence-corrected chi connectivity index (χ4v) is 5.50. The van der Waals surface area contributed by atoms with Gasteiger partial charge in [-0.1, -0.05) is 0 Å². The maximum atomic E-state index is 13.0. The van der Waals surface area contributed by atoms with E-state index in [0.29, 0.717) is 51.3 Å². The third kappa shape index (κ3) is 3.99. The van der Waals surface area contributed by atoms with E-state index < -0.39 is 10.0 Å². The Hall–Kier alpha value is -2.66. The molecule has 0 spiro atoms. The molecule has 0 bridgehead atoms. The SMILES string of the molecule is Cn1cc(S(=O)(=O)N2CCC[C@H](C(=O)N3CCN(C(=O)c4ccco4)CC3)C2)cn1. The molecule has 1 atom stereocenters. The molecule has 2 aromatic rings. The number of aromatic nitrogens is 2. The molecule has 30 heavy (non-hydrogen) atoms.